The van der Waals surface area contributed by atoms with Gasteiger partial charge in [0, 0.05) is 13.2 Å². The summed E-state index contributed by atoms with van der Waals surface area (Å²) in [6.45, 7) is 1.72. The minimum absolute atomic E-state index is 0.591. The van der Waals surface area contributed by atoms with Crippen molar-refractivity contribution in [3.05, 3.63) is 23.0 Å². The van der Waals surface area contributed by atoms with Crippen molar-refractivity contribution < 1.29 is 4.74 Å². The van der Waals surface area contributed by atoms with Gasteiger partial charge in [0.05, 0.1) is 16.9 Å². The van der Waals surface area contributed by atoms with Crippen molar-refractivity contribution in [3.8, 4) is 0 Å². The summed E-state index contributed by atoms with van der Waals surface area (Å²) in [5, 5.41) is 8.47. The highest BCUT2D eigenvalue weighted by Crippen LogP contribution is 2.18. The number of ether oxygens (including phenoxy) is 1. The van der Waals surface area contributed by atoms with E-state index in [1.54, 1.807) is 6.20 Å². The third-order valence-electron chi connectivity index (χ3n) is 2.19. The Bertz CT molecular complexity index is 287. The maximum atomic E-state index is 5.80. The van der Waals surface area contributed by atoms with Crippen LogP contribution in [0.25, 0.3) is 0 Å². The number of hydrogen-bond donors (Lipinski definition) is 0. The minimum atomic E-state index is 0.591. The second-order valence-electron chi connectivity index (χ2n) is 3.30. The molecule has 1 aromatic heterocycles. The lowest BCUT2D eigenvalue weighted by molar-refractivity contribution is 0.185. The Morgan fingerprint density at radius 2 is 2.54 bits per heavy atom. The zero-order valence-electron chi connectivity index (χ0n) is 7.24. The number of rotatable bonds is 2. The molecule has 0 aliphatic carbocycles. The number of halogens is 1. The fourth-order valence-electron chi connectivity index (χ4n) is 1.52. The fraction of sp³-hybridized carbons (Fsp3) is 0.556. The van der Waals surface area contributed by atoms with E-state index in [1.807, 2.05) is 6.07 Å². The van der Waals surface area contributed by atoms with Gasteiger partial charge in [-0.1, -0.05) is 11.6 Å². The quantitative estimate of drug-likeness (QED) is 0.726. The zero-order valence-corrected chi connectivity index (χ0v) is 8.00. The molecule has 1 aliphatic rings. The van der Waals surface area contributed by atoms with Gasteiger partial charge < -0.3 is 4.74 Å². The highest BCUT2D eigenvalue weighted by molar-refractivity contribution is 6.30. The Balaban J connectivity index is 2.00. The van der Waals surface area contributed by atoms with Crippen LogP contribution in [0.2, 0.25) is 5.02 Å². The van der Waals surface area contributed by atoms with Crippen molar-refractivity contribution in [2.24, 2.45) is 5.92 Å². The van der Waals surface area contributed by atoms with Gasteiger partial charge in [0.15, 0.2) is 0 Å². The van der Waals surface area contributed by atoms with Crippen molar-refractivity contribution in [3.63, 3.8) is 0 Å². The van der Waals surface area contributed by atoms with Gasteiger partial charge in [0.1, 0.15) is 0 Å². The molecule has 1 fully saturated rings. The van der Waals surface area contributed by atoms with Crippen LogP contribution < -0.4 is 0 Å². The van der Waals surface area contributed by atoms with Crippen LogP contribution in [-0.4, -0.2) is 23.4 Å². The summed E-state index contributed by atoms with van der Waals surface area (Å²) < 4.78 is 5.28. The standard InChI is InChI=1S/C9H11ClN2O/c10-8-4-9(12-11-5-8)3-7-1-2-13-6-7/h4-5,7H,1-3,6H2. The molecule has 13 heavy (non-hydrogen) atoms. The molecule has 1 atom stereocenters. The molecule has 0 bridgehead atoms. The molecule has 0 N–H and O–H groups in total. The Hall–Kier alpha value is -0.670. The van der Waals surface area contributed by atoms with Gasteiger partial charge in [-0.25, -0.2) is 0 Å². The Labute approximate surface area is 82.1 Å². The summed E-state index contributed by atoms with van der Waals surface area (Å²) in [5.74, 6) is 0.591. The third-order valence-corrected chi connectivity index (χ3v) is 2.40. The molecule has 1 aliphatic heterocycles. The van der Waals surface area contributed by atoms with Gasteiger partial charge >= 0.3 is 0 Å². The first kappa shape index (κ1) is 8.91. The largest absolute Gasteiger partial charge is 0.381 e. The molecule has 0 spiro atoms. The molecule has 0 saturated carbocycles. The Kier molecular flexibility index (Phi) is 2.76. The predicted molar refractivity (Wildman–Crippen MR) is 49.7 cm³/mol. The first-order chi connectivity index (χ1) is 6.34. The third kappa shape index (κ3) is 2.39. The van der Waals surface area contributed by atoms with Crippen molar-refractivity contribution in [1.82, 2.24) is 10.2 Å². The smallest absolute Gasteiger partial charge is 0.0682 e. The van der Waals surface area contributed by atoms with Crippen LogP contribution in [0.3, 0.4) is 0 Å². The van der Waals surface area contributed by atoms with Crippen LogP contribution in [0.15, 0.2) is 12.3 Å². The van der Waals surface area contributed by atoms with Crippen molar-refractivity contribution >= 4 is 11.6 Å². The molecule has 3 nitrogen and oxygen atoms in total. The summed E-state index contributed by atoms with van der Waals surface area (Å²) in [5.41, 5.74) is 0.961. The van der Waals surface area contributed by atoms with Gasteiger partial charge in [-0.3, -0.25) is 0 Å². The van der Waals surface area contributed by atoms with Crippen LogP contribution in [-0.2, 0) is 11.2 Å². The molecule has 70 valence electrons. The lowest BCUT2D eigenvalue weighted by Gasteiger charge is -2.05. The summed E-state index contributed by atoms with van der Waals surface area (Å²) in [6.07, 6.45) is 3.60. The van der Waals surface area contributed by atoms with Crippen LogP contribution in [0, 0.1) is 5.92 Å². The van der Waals surface area contributed by atoms with Gasteiger partial charge in [-0.15, -0.1) is 0 Å². The normalized spacial score (nSPS) is 22.1. The molecule has 2 rings (SSSR count). The molecule has 0 radical (unpaired) electrons. The van der Waals surface area contributed by atoms with Crippen molar-refractivity contribution in [2.75, 3.05) is 13.2 Å². The van der Waals surface area contributed by atoms with Gasteiger partial charge in [-0.05, 0) is 24.8 Å². The van der Waals surface area contributed by atoms with E-state index in [4.69, 9.17) is 16.3 Å². The van der Waals surface area contributed by atoms with Crippen molar-refractivity contribution in [1.29, 1.82) is 0 Å². The Morgan fingerprint density at radius 1 is 1.62 bits per heavy atom. The second-order valence-corrected chi connectivity index (χ2v) is 3.74. The van der Waals surface area contributed by atoms with E-state index in [2.05, 4.69) is 10.2 Å². The van der Waals surface area contributed by atoms with Crippen LogP contribution in [0.1, 0.15) is 12.1 Å². The second kappa shape index (κ2) is 4.03. The van der Waals surface area contributed by atoms with E-state index < -0.39 is 0 Å². The van der Waals surface area contributed by atoms with E-state index in [0.29, 0.717) is 10.9 Å². The monoisotopic (exact) mass is 198 g/mol. The van der Waals surface area contributed by atoms with Crippen LogP contribution in [0.5, 0.6) is 0 Å². The number of hydrogen-bond acceptors (Lipinski definition) is 3. The summed E-state index contributed by atoms with van der Waals surface area (Å²) >= 11 is 5.80. The van der Waals surface area contributed by atoms with Gasteiger partial charge in [-0.2, -0.15) is 10.2 Å². The van der Waals surface area contributed by atoms with Crippen molar-refractivity contribution in [2.45, 2.75) is 12.8 Å². The molecule has 4 heteroatoms. The number of aromatic nitrogens is 2. The topological polar surface area (TPSA) is 35.0 Å². The molecule has 0 aromatic carbocycles. The van der Waals surface area contributed by atoms with E-state index in [-0.39, 0.29) is 0 Å². The lowest BCUT2D eigenvalue weighted by atomic mass is 10.0. The summed E-state index contributed by atoms with van der Waals surface area (Å²) in [4.78, 5) is 0. The number of nitrogens with zero attached hydrogens (tertiary/aromatic N) is 2. The minimum Gasteiger partial charge on any atom is -0.381 e. The predicted octanol–water partition coefficient (Wildman–Crippen LogP) is 1.71. The average Bonchev–Trinajstić information content (AvgIpc) is 2.57. The highest BCUT2D eigenvalue weighted by atomic mass is 35.5. The van der Waals surface area contributed by atoms with Gasteiger partial charge in [0.25, 0.3) is 0 Å². The lowest BCUT2D eigenvalue weighted by Crippen LogP contribution is -2.05. The zero-order chi connectivity index (χ0) is 9.10. The maximum Gasteiger partial charge on any atom is 0.0682 e. The molecular weight excluding hydrogens is 188 g/mol. The van der Waals surface area contributed by atoms with Gasteiger partial charge in [0.2, 0.25) is 0 Å². The van der Waals surface area contributed by atoms with E-state index >= 15 is 0 Å². The molecule has 1 unspecified atom stereocenters. The van der Waals surface area contributed by atoms with E-state index in [1.165, 1.54) is 0 Å². The highest BCUT2D eigenvalue weighted by Gasteiger charge is 2.16. The average molecular weight is 199 g/mol. The summed E-state index contributed by atoms with van der Waals surface area (Å²) in [7, 11) is 0. The molecule has 2 heterocycles. The first-order valence-corrected chi connectivity index (χ1v) is 4.77. The fourth-order valence-corrected chi connectivity index (χ4v) is 1.69. The SMILES string of the molecule is Clc1cnnc(CC2CCOC2)c1. The van der Waals surface area contributed by atoms with Crippen LogP contribution in [0.4, 0.5) is 0 Å². The van der Waals surface area contributed by atoms with E-state index in [0.717, 1.165) is 31.7 Å². The molecular formula is C9H11ClN2O. The van der Waals surface area contributed by atoms with E-state index in [9.17, 15) is 0 Å². The van der Waals surface area contributed by atoms with Crippen LogP contribution >= 0.6 is 11.6 Å². The first-order valence-electron chi connectivity index (χ1n) is 4.39. The molecule has 0 amide bonds. The molecule has 1 aromatic rings. The summed E-state index contributed by atoms with van der Waals surface area (Å²) in [6, 6.07) is 1.87. The molecule has 1 saturated heterocycles. The maximum absolute atomic E-state index is 5.80. The Morgan fingerprint density at radius 3 is 3.23 bits per heavy atom.